The van der Waals surface area contributed by atoms with Crippen molar-refractivity contribution in [3.05, 3.63) is 29.0 Å². The molecule has 0 atom stereocenters. The van der Waals surface area contributed by atoms with Crippen LogP contribution in [-0.2, 0) is 0 Å². The van der Waals surface area contributed by atoms with E-state index in [1.165, 1.54) is 12.1 Å². The summed E-state index contributed by atoms with van der Waals surface area (Å²) >= 11 is 5.56. The Bertz CT molecular complexity index is 245. The summed E-state index contributed by atoms with van der Waals surface area (Å²) < 4.78 is 24.3. The van der Waals surface area contributed by atoms with Gasteiger partial charge in [-0.1, -0.05) is 11.6 Å². The third-order valence-electron chi connectivity index (χ3n) is 1.29. The summed E-state index contributed by atoms with van der Waals surface area (Å²) in [5.41, 5.74) is 0.498. The first kappa shape index (κ1) is 9.26. The number of nitrogens with one attached hydrogen (secondary N) is 1. The molecule has 0 unspecified atom stereocenters. The van der Waals surface area contributed by atoms with E-state index in [1.54, 1.807) is 6.07 Å². The number of anilines is 1. The Morgan fingerprint density at radius 2 is 2.08 bits per heavy atom. The van der Waals surface area contributed by atoms with Gasteiger partial charge in [-0.05, 0) is 18.2 Å². The van der Waals surface area contributed by atoms with Gasteiger partial charge in [-0.25, -0.2) is 8.78 Å². The Hall–Kier alpha value is -0.830. The van der Waals surface area contributed by atoms with E-state index in [2.05, 4.69) is 5.32 Å². The zero-order chi connectivity index (χ0) is 8.97. The average Bonchev–Trinajstić information content (AvgIpc) is 1.99. The number of hydrogen-bond acceptors (Lipinski definition) is 1. The van der Waals surface area contributed by atoms with Crippen molar-refractivity contribution in [3.8, 4) is 0 Å². The summed E-state index contributed by atoms with van der Waals surface area (Å²) in [5.74, 6) is -0.427. The molecule has 66 valence electrons. The first-order valence-electron chi connectivity index (χ1n) is 3.48. The molecule has 0 aliphatic heterocycles. The number of alkyl halides is 1. The second-order valence-electron chi connectivity index (χ2n) is 2.27. The summed E-state index contributed by atoms with van der Waals surface area (Å²) in [4.78, 5) is 0. The molecular weight excluding hydrogens is 184 g/mol. The van der Waals surface area contributed by atoms with E-state index in [9.17, 15) is 8.78 Å². The minimum absolute atomic E-state index is 0.166. The van der Waals surface area contributed by atoms with Crippen molar-refractivity contribution in [1.82, 2.24) is 0 Å². The van der Waals surface area contributed by atoms with E-state index in [0.29, 0.717) is 10.7 Å². The summed E-state index contributed by atoms with van der Waals surface area (Å²) in [7, 11) is 0. The lowest BCUT2D eigenvalue weighted by Crippen LogP contribution is -2.02. The molecule has 0 heterocycles. The second kappa shape index (κ2) is 4.26. The van der Waals surface area contributed by atoms with Gasteiger partial charge in [0, 0.05) is 17.3 Å². The Morgan fingerprint density at radius 3 is 2.67 bits per heavy atom. The van der Waals surface area contributed by atoms with Crippen LogP contribution >= 0.6 is 11.6 Å². The number of benzene rings is 1. The van der Waals surface area contributed by atoms with Gasteiger partial charge in [0.25, 0.3) is 0 Å². The van der Waals surface area contributed by atoms with Crippen molar-refractivity contribution in [2.75, 3.05) is 18.5 Å². The van der Waals surface area contributed by atoms with Gasteiger partial charge < -0.3 is 5.32 Å². The standard InChI is InChI=1S/C8H8ClF2N/c9-6-3-7(11)5-8(4-6)12-2-1-10/h3-5,12H,1-2H2. The van der Waals surface area contributed by atoms with Crippen LogP contribution in [0.2, 0.25) is 5.02 Å². The molecule has 12 heavy (non-hydrogen) atoms. The van der Waals surface area contributed by atoms with Crippen molar-refractivity contribution in [2.45, 2.75) is 0 Å². The van der Waals surface area contributed by atoms with Crippen LogP contribution in [0.4, 0.5) is 14.5 Å². The minimum atomic E-state index is -0.492. The van der Waals surface area contributed by atoms with Crippen molar-refractivity contribution >= 4 is 17.3 Å². The molecule has 0 aliphatic carbocycles. The van der Waals surface area contributed by atoms with Gasteiger partial charge in [-0.3, -0.25) is 0 Å². The number of hydrogen-bond donors (Lipinski definition) is 1. The SMILES string of the molecule is FCCNc1cc(F)cc(Cl)c1. The van der Waals surface area contributed by atoms with Gasteiger partial charge in [-0.15, -0.1) is 0 Å². The molecule has 0 aliphatic rings. The third-order valence-corrected chi connectivity index (χ3v) is 1.50. The summed E-state index contributed by atoms with van der Waals surface area (Å²) in [6.45, 7) is -0.325. The van der Waals surface area contributed by atoms with Crippen molar-refractivity contribution in [1.29, 1.82) is 0 Å². The first-order chi connectivity index (χ1) is 5.72. The summed E-state index contributed by atoms with van der Waals surface area (Å²) in [6.07, 6.45) is 0. The fourth-order valence-corrected chi connectivity index (χ4v) is 1.07. The lowest BCUT2D eigenvalue weighted by Gasteiger charge is -2.03. The monoisotopic (exact) mass is 191 g/mol. The molecule has 1 N–H and O–H groups in total. The zero-order valence-electron chi connectivity index (χ0n) is 6.28. The van der Waals surface area contributed by atoms with E-state index >= 15 is 0 Å². The van der Waals surface area contributed by atoms with Gasteiger partial charge in [0.2, 0.25) is 0 Å². The van der Waals surface area contributed by atoms with E-state index in [1.807, 2.05) is 0 Å². The fourth-order valence-electron chi connectivity index (χ4n) is 0.847. The Kier molecular flexibility index (Phi) is 3.29. The molecule has 0 spiro atoms. The van der Waals surface area contributed by atoms with Crippen LogP contribution in [0.1, 0.15) is 0 Å². The average molecular weight is 192 g/mol. The largest absolute Gasteiger partial charge is 0.382 e. The van der Waals surface area contributed by atoms with Crippen LogP contribution in [0, 0.1) is 5.82 Å². The molecule has 0 saturated heterocycles. The highest BCUT2D eigenvalue weighted by Crippen LogP contribution is 2.17. The molecule has 1 aromatic rings. The zero-order valence-corrected chi connectivity index (χ0v) is 7.04. The predicted octanol–water partition coefficient (Wildman–Crippen LogP) is 2.86. The lowest BCUT2D eigenvalue weighted by atomic mass is 10.3. The molecular formula is C8H8ClF2N. The van der Waals surface area contributed by atoms with Crippen LogP contribution in [0.3, 0.4) is 0 Å². The maximum Gasteiger partial charge on any atom is 0.126 e. The smallest absolute Gasteiger partial charge is 0.126 e. The molecule has 0 amide bonds. The number of halogens is 3. The van der Waals surface area contributed by atoms with Crippen molar-refractivity contribution in [3.63, 3.8) is 0 Å². The van der Waals surface area contributed by atoms with Crippen LogP contribution in [0.25, 0.3) is 0 Å². The summed E-state index contributed by atoms with van der Waals surface area (Å²) in [6, 6.07) is 4.00. The van der Waals surface area contributed by atoms with Crippen LogP contribution in [0.15, 0.2) is 18.2 Å². The topological polar surface area (TPSA) is 12.0 Å². The van der Waals surface area contributed by atoms with E-state index in [-0.39, 0.29) is 6.54 Å². The van der Waals surface area contributed by atoms with E-state index in [4.69, 9.17) is 11.6 Å². The molecule has 1 aromatic carbocycles. The molecule has 0 aromatic heterocycles. The third kappa shape index (κ3) is 2.66. The van der Waals surface area contributed by atoms with Gasteiger partial charge in [-0.2, -0.15) is 0 Å². The van der Waals surface area contributed by atoms with Crippen LogP contribution < -0.4 is 5.32 Å². The Morgan fingerprint density at radius 1 is 1.33 bits per heavy atom. The molecule has 0 bridgehead atoms. The Balaban J connectivity index is 2.72. The quantitative estimate of drug-likeness (QED) is 0.775. The molecule has 0 saturated carbocycles. The van der Waals surface area contributed by atoms with E-state index < -0.39 is 12.5 Å². The molecule has 0 radical (unpaired) electrons. The van der Waals surface area contributed by atoms with Crippen LogP contribution in [0.5, 0.6) is 0 Å². The highest BCUT2D eigenvalue weighted by Gasteiger charge is 1.97. The number of rotatable bonds is 3. The molecule has 4 heteroatoms. The van der Waals surface area contributed by atoms with Crippen molar-refractivity contribution < 1.29 is 8.78 Å². The highest BCUT2D eigenvalue weighted by molar-refractivity contribution is 6.30. The predicted molar refractivity (Wildman–Crippen MR) is 45.9 cm³/mol. The Labute approximate surface area is 74.3 Å². The minimum Gasteiger partial charge on any atom is -0.382 e. The normalized spacial score (nSPS) is 9.92. The van der Waals surface area contributed by atoms with Gasteiger partial charge in [0.15, 0.2) is 0 Å². The molecule has 1 nitrogen and oxygen atoms in total. The van der Waals surface area contributed by atoms with Crippen molar-refractivity contribution in [2.24, 2.45) is 0 Å². The first-order valence-corrected chi connectivity index (χ1v) is 3.86. The van der Waals surface area contributed by atoms with Crippen LogP contribution in [-0.4, -0.2) is 13.2 Å². The van der Waals surface area contributed by atoms with Gasteiger partial charge >= 0.3 is 0 Å². The molecule has 0 fully saturated rings. The van der Waals surface area contributed by atoms with E-state index in [0.717, 1.165) is 0 Å². The fraction of sp³-hybridized carbons (Fsp3) is 0.250. The second-order valence-corrected chi connectivity index (χ2v) is 2.71. The molecule has 1 rings (SSSR count). The summed E-state index contributed by atoms with van der Waals surface area (Å²) in [5, 5.41) is 2.98. The highest BCUT2D eigenvalue weighted by atomic mass is 35.5. The van der Waals surface area contributed by atoms with Gasteiger partial charge in [0.05, 0.1) is 0 Å². The maximum absolute atomic E-state index is 12.6. The van der Waals surface area contributed by atoms with Gasteiger partial charge in [0.1, 0.15) is 12.5 Å². The maximum atomic E-state index is 12.6. The lowest BCUT2D eigenvalue weighted by molar-refractivity contribution is 0.512.